The first-order valence-electron chi connectivity index (χ1n) is 6.18. The van der Waals surface area contributed by atoms with Gasteiger partial charge < -0.3 is 15.4 Å². The van der Waals surface area contributed by atoms with Crippen molar-refractivity contribution in [2.45, 2.75) is 18.4 Å². The molecule has 5 nitrogen and oxygen atoms in total. The molecule has 1 unspecified atom stereocenters. The van der Waals surface area contributed by atoms with Crippen molar-refractivity contribution >= 4 is 30.7 Å². The van der Waals surface area contributed by atoms with Crippen molar-refractivity contribution in [2.75, 3.05) is 26.8 Å². The number of rotatable bonds is 5. The maximum Gasteiger partial charge on any atom is 0.252 e. The first kappa shape index (κ1) is 19.1. The van der Waals surface area contributed by atoms with Gasteiger partial charge in [0.2, 0.25) is 0 Å². The highest BCUT2D eigenvalue weighted by molar-refractivity contribution is 5.93. The molecule has 114 valence electrons. The molecule has 2 N–H and O–H groups in total. The Morgan fingerprint density at radius 2 is 2.35 bits per heavy atom. The lowest BCUT2D eigenvalue weighted by Crippen LogP contribution is -2.53. The van der Waals surface area contributed by atoms with E-state index >= 15 is 0 Å². The van der Waals surface area contributed by atoms with E-state index in [1.54, 1.807) is 31.6 Å². The van der Waals surface area contributed by atoms with Crippen molar-refractivity contribution in [2.24, 2.45) is 0 Å². The quantitative estimate of drug-likeness (QED) is 0.861. The highest BCUT2D eigenvalue weighted by Crippen LogP contribution is 2.18. The Bertz CT molecular complexity index is 398. The number of hydrogen-bond donors (Lipinski definition) is 2. The van der Waals surface area contributed by atoms with Gasteiger partial charge in [0.15, 0.2) is 0 Å². The highest BCUT2D eigenvalue weighted by Gasteiger charge is 2.33. The molecule has 1 saturated heterocycles. The Labute approximate surface area is 131 Å². The topological polar surface area (TPSA) is 63.2 Å². The average Bonchev–Trinajstić information content (AvgIpc) is 2.87. The summed E-state index contributed by atoms with van der Waals surface area (Å²) in [5.41, 5.74) is 0.468. The smallest absolute Gasteiger partial charge is 0.252 e. The van der Waals surface area contributed by atoms with Gasteiger partial charge in [0.1, 0.15) is 0 Å². The average molecular weight is 322 g/mol. The molecule has 2 rings (SSSR count). The Morgan fingerprint density at radius 1 is 1.55 bits per heavy atom. The molecule has 1 amide bonds. The number of ether oxygens (including phenoxy) is 1. The van der Waals surface area contributed by atoms with Crippen molar-refractivity contribution < 1.29 is 9.53 Å². The molecule has 0 bridgehead atoms. The van der Waals surface area contributed by atoms with Crippen LogP contribution in [-0.4, -0.2) is 43.2 Å². The number of carbonyl (C=O) groups is 1. The van der Waals surface area contributed by atoms with Gasteiger partial charge in [-0.3, -0.25) is 9.78 Å². The molecule has 20 heavy (non-hydrogen) atoms. The molecule has 2 heterocycles. The standard InChI is InChI=1S/C13H19N3O2.2ClH/c1-18-10-13(5-3-7-16-13)9-15-12(17)11-4-2-6-14-8-11;;/h2,4,6,8,16H,3,5,7,9-10H2,1H3,(H,15,17);2*1H. The summed E-state index contributed by atoms with van der Waals surface area (Å²) in [5.74, 6) is -0.0905. The second kappa shape index (κ2) is 9.13. The Balaban J connectivity index is 0.00000180. The van der Waals surface area contributed by atoms with Gasteiger partial charge in [-0.25, -0.2) is 0 Å². The molecular weight excluding hydrogens is 301 g/mol. The van der Waals surface area contributed by atoms with Crippen LogP contribution in [0.25, 0.3) is 0 Å². The predicted molar refractivity (Wildman–Crippen MR) is 82.9 cm³/mol. The zero-order valence-corrected chi connectivity index (χ0v) is 13.1. The van der Waals surface area contributed by atoms with Gasteiger partial charge in [0, 0.05) is 26.0 Å². The number of nitrogens with one attached hydrogen (secondary N) is 2. The minimum atomic E-state index is -0.118. The molecule has 1 aliphatic heterocycles. The number of halogens is 2. The maximum atomic E-state index is 11.9. The Morgan fingerprint density at radius 3 is 2.90 bits per heavy atom. The van der Waals surface area contributed by atoms with Crippen LogP contribution in [0.5, 0.6) is 0 Å². The van der Waals surface area contributed by atoms with E-state index in [-0.39, 0.29) is 36.3 Å². The van der Waals surface area contributed by atoms with Gasteiger partial charge >= 0.3 is 0 Å². The van der Waals surface area contributed by atoms with E-state index < -0.39 is 0 Å². The minimum Gasteiger partial charge on any atom is -0.383 e. The molecule has 0 aliphatic carbocycles. The van der Waals surface area contributed by atoms with Crippen LogP contribution in [0.2, 0.25) is 0 Å². The number of pyridine rings is 1. The van der Waals surface area contributed by atoms with Crippen LogP contribution in [0.15, 0.2) is 24.5 Å². The van der Waals surface area contributed by atoms with Gasteiger partial charge in [0.25, 0.3) is 5.91 Å². The summed E-state index contributed by atoms with van der Waals surface area (Å²) in [7, 11) is 1.69. The zero-order chi connectivity index (χ0) is 12.8. The number of amides is 1. The van der Waals surface area contributed by atoms with Crippen LogP contribution in [0.3, 0.4) is 0 Å². The van der Waals surface area contributed by atoms with Crippen LogP contribution < -0.4 is 10.6 Å². The number of nitrogens with zero attached hydrogens (tertiary/aromatic N) is 1. The number of carbonyl (C=O) groups excluding carboxylic acids is 1. The van der Waals surface area contributed by atoms with Crippen LogP contribution in [0.1, 0.15) is 23.2 Å². The summed E-state index contributed by atoms with van der Waals surface area (Å²) in [6.45, 7) is 2.17. The van der Waals surface area contributed by atoms with E-state index in [0.717, 1.165) is 19.4 Å². The van der Waals surface area contributed by atoms with E-state index in [0.29, 0.717) is 18.7 Å². The molecule has 0 aromatic carbocycles. The first-order valence-corrected chi connectivity index (χ1v) is 6.18. The second-order valence-corrected chi connectivity index (χ2v) is 4.67. The monoisotopic (exact) mass is 321 g/mol. The predicted octanol–water partition coefficient (Wildman–Crippen LogP) is 1.42. The second-order valence-electron chi connectivity index (χ2n) is 4.67. The lowest BCUT2D eigenvalue weighted by Gasteiger charge is -2.28. The summed E-state index contributed by atoms with van der Waals surface area (Å²) < 4.78 is 5.24. The molecule has 1 aliphatic rings. The van der Waals surface area contributed by atoms with Crippen molar-refractivity contribution in [3.8, 4) is 0 Å². The van der Waals surface area contributed by atoms with Crippen LogP contribution in [0, 0.1) is 0 Å². The maximum absolute atomic E-state index is 11.9. The largest absolute Gasteiger partial charge is 0.383 e. The van der Waals surface area contributed by atoms with Crippen molar-refractivity contribution in [1.82, 2.24) is 15.6 Å². The fourth-order valence-electron chi connectivity index (χ4n) is 2.32. The molecule has 1 aromatic rings. The third kappa shape index (κ3) is 4.90. The summed E-state index contributed by atoms with van der Waals surface area (Å²) in [6, 6.07) is 3.51. The first-order chi connectivity index (χ1) is 8.76. The molecule has 1 fully saturated rings. The minimum absolute atomic E-state index is 0. The van der Waals surface area contributed by atoms with E-state index in [9.17, 15) is 4.79 Å². The molecular formula is C13H21Cl2N3O2. The Kier molecular flexibility index (Phi) is 8.73. The third-order valence-corrected chi connectivity index (χ3v) is 3.26. The van der Waals surface area contributed by atoms with Crippen LogP contribution in [0.4, 0.5) is 0 Å². The third-order valence-electron chi connectivity index (χ3n) is 3.26. The van der Waals surface area contributed by atoms with E-state index in [1.807, 2.05) is 0 Å². The highest BCUT2D eigenvalue weighted by atomic mass is 35.5. The van der Waals surface area contributed by atoms with Gasteiger partial charge in [-0.1, -0.05) is 0 Å². The summed E-state index contributed by atoms with van der Waals surface area (Å²) in [4.78, 5) is 15.9. The van der Waals surface area contributed by atoms with Gasteiger partial charge in [0.05, 0.1) is 17.7 Å². The summed E-state index contributed by atoms with van der Waals surface area (Å²) >= 11 is 0. The molecule has 1 aromatic heterocycles. The van der Waals surface area contributed by atoms with Crippen LogP contribution in [-0.2, 0) is 4.74 Å². The van der Waals surface area contributed by atoms with Gasteiger partial charge in [-0.05, 0) is 31.5 Å². The Hall–Kier alpha value is -0.880. The summed E-state index contributed by atoms with van der Waals surface area (Å²) in [6.07, 6.45) is 5.36. The fourth-order valence-corrected chi connectivity index (χ4v) is 2.32. The SMILES string of the molecule is COCC1(CNC(=O)c2cccnc2)CCCN1.Cl.Cl. The van der Waals surface area contributed by atoms with Crippen LogP contribution >= 0.6 is 24.8 Å². The van der Waals surface area contributed by atoms with E-state index in [1.165, 1.54) is 0 Å². The number of hydrogen-bond acceptors (Lipinski definition) is 4. The lowest BCUT2D eigenvalue weighted by molar-refractivity contribution is 0.0892. The summed E-state index contributed by atoms with van der Waals surface area (Å²) in [5, 5.41) is 6.37. The molecule has 0 spiro atoms. The lowest BCUT2D eigenvalue weighted by atomic mass is 9.98. The molecule has 0 radical (unpaired) electrons. The molecule has 7 heteroatoms. The fraction of sp³-hybridized carbons (Fsp3) is 0.538. The molecule has 1 atom stereocenters. The number of aromatic nitrogens is 1. The number of methoxy groups -OCH3 is 1. The van der Waals surface area contributed by atoms with Gasteiger partial charge in [-0.2, -0.15) is 0 Å². The van der Waals surface area contributed by atoms with Gasteiger partial charge in [-0.15, -0.1) is 24.8 Å². The van der Waals surface area contributed by atoms with Crippen molar-refractivity contribution in [1.29, 1.82) is 0 Å². The van der Waals surface area contributed by atoms with E-state index in [4.69, 9.17) is 4.74 Å². The zero-order valence-electron chi connectivity index (χ0n) is 11.4. The molecule has 0 saturated carbocycles. The normalized spacial score (nSPS) is 20.6. The van der Waals surface area contributed by atoms with Crippen molar-refractivity contribution in [3.63, 3.8) is 0 Å². The van der Waals surface area contributed by atoms with Crippen molar-refractivity contribution in [3.05, 3.63) is 30.1 Å². The van der Waals surface area contributed by atoms with E-state index in [2.05, 4.69) is 15.6 Å².